The Bertz CT molecular complexity index is 214. The molecule has 0 aromatic heterocycles. The maximum Gasteiger partial charge on any atom is 0.220 e. The molecule has 82 valence electrons. The van der Waals surface area contributed by atoms with Crippen LogP contribution < -0.4 is 11.1 Å². The zero-order valence-electron chi connectivity index (χ0n) is 8.95. The van der Waals surface area contributed by atoms with Gasteiger partial charge in [-0.3, -0.25) is 4.79 Å². The fourth-order valence-electron chi connectivity index (χ4n) is 0.913. The number of carbonyl (C=O) groups excluding carboxylic acids is 1. The summed E-state index contributed by atoms with van der Waals surface area (Å²) in [6.07, 6.45) is 0.503. The van der Waals surface area contributed by atoms with Gasteiger partial charge in [0.2, 0.25) is 5.91 Å². The monoisotopic (exact) mass is 201 g/mol. The quantitative estimate of drug-likeness (QED) is 0.262. The zero-order valence-corrected chi connectivity index (χ0v) is 8.95. The van der Waals surface area contributed by atoms with Gasteiger partial charge >= 0.3 is 0 Å². The van der Waals surface area contributed by atoms with E-state index in [1.54, 1.807) is 6.92 Å². The molecule has 0 rings (SSSR count). The molecule has 14 heavy (non-hydrogen) atoms. The van der Waals surface area contributed by atoms with Crippen molar-refractivity contribution in [2.75, 3.05) is 6.54 Å². The van der Waals surface area contributed by atoms with Gasteiger partial charge in [-0.1, -0.05) is 25.9 Å². The van der Waals surface area contributed by atoms with Crippen LogP contribution in [0.1, 0.15) is 27.2 Å². The van der Waals surface area contributed by atoms with E-state index in [2.05, 4.69) is 10.5 Å². The van der Waals surface area contributed by atoms with Crippen LogP contribution in [0.3, 0.4) is 0 Å². The number of amides is 1. The number of rotatable bonds is 5. The second-order valence-electron chi connectivity index (χ2n) is 3.83. The van der Waals surface area contributed by atoms with E-state index in [1.807, 2.05) is 13.8 Å². The minimum atomic E-state index is -0.142. The van der Waals surface area contributed by atoms with E-state index in [1.165, 1.54) is 0 Å². The van der Waals surface area contributed by atoms with Gasteiger partial charge in [0.25, 0.3) is 0 Å². The van der Waals surface area contributed by atoms with Gasteiger partial charge in [-0.25, -0.2) is 0 Å². The van der Waals surface area contributed by atoms with Crippen molar-refractivity contribution < 1.29 is 10.0 Å². The molecule has 0 saturated heterocycles. The largest absolute Gasteiger partial charge is 0.409 e. The lowest BCUT2D eigenvalue weighted by molar-refractivity contribution is -0.121. The smallest absolute Gasteiger partial charge is 0.220 e. The van der Waals surface area contributed by atoms with Gasteiger partial charge in [0, 0.05) is 18.9 Å². The van der Waals surface area contributed by atoms with Crippen LogP contribution in [0.15, 0.2) is 5.16 Å². The Balaban J connectivity index is 3.77. The Morgan fingerprint density at radius 2 is 2.07 bits per heavy atom. The highest BCUT2D eigenvalue weighted by molar-refractivity contribution is 5.83. The third-order valence-corrected chi connectivity index (χ3v) is 1.82. The van der Waals surface area contributed by atoms with Crippen molar-refractivity contribution in [3.63, 3.8) is 0 Å². The Labute approximate surface area is 84.4 Å². The summed E-state index contributed by atoms with van der Waals surface area (Å²) < 4.78 is 0. The summed E-state index contributed by atoms with van der Waals surface area (Å²) in [6, 6.07) is 0. The van der Waals surface area contributed by atoms with Crippen LogP contribution in [0, 0.1) is 11.8 Å². The third kappa shape index (κ3) is 5.40. The highest BCUT2D eigenvalue weighted by Gasteiger charge is 2.10. The molecule has 0 bridgehead atoms. The topological polar surface area (TPSA) is 87.7 Å². The highest BCUT2D eigenvalue weighted by atomic mass is 16.4. The van der Waals surface area contributed by atoms with Crippen LogP contribution in [-0.4, -0.2) is 23.5 Å². The minimum Gasteiger partial charge on any atom is -0.409 e. The van der Waals surface area contributed by atoms with Gasteiger partial charge in [0.15, 0.2) is 0 Å². The Morgan fingerprint density at radius 3 is 2.50 bits per heavy atom. The predicted molar refractivity (Wildman–Crippen MR) is 55.0 cm³/mol. The molecule has 4 N–H and O–H groups in total. The molecule has 0 aliphatic carbocycles. The summed E-state index contributed by atoms with van der Waals surface area (Å²) in [5.74, 6) is 0.331. The number of nitrogens with two attached hydrogens (primary N) is 1. The van der Waals surface area contributed by atoms with E-state index in [-0.39, 0.29) is 17.7 Å². The maximum atomic E-state index is 11.2. The molecule has 5 heteroatoms. The van der Waals surface area contributed by atoms with Crippen molar-refractivity contribution >= 4 is 11.7 Å². The fourth-order valence-corrected chi connectivity index (χ4v) is 0.913. The molecule has 0 aromatic rings. The van der Waals surface area contributed by atoms with E-state index in [4.69, 9.17) is 10.9 Å². The van der Waals surface area contributed by atoms with Crippen LogP contribution >= 0.6 is 0 Å². The molecule has 0 aliphatic rings. The first-order valence-electron chi connectivity index (χ1n) is 4.71. The molecule has 0 radical (unpaired) electrons. The van der Waals surface area contributed by atoms with Crippen LogP contribution in [0.2, 0.25) is 0 Å². The summed E-state index contributed by atoms with van der Waals surface area (Å²) in [5, 5.41) is 14.0. The first-order valence-corrected chi connectivity index (χ1v) is 4.71. The SMILES string of the molecule is CC(C)CC(=O)NCC(C)C(N)=NO. The number of oxime groups is 1. The summed E-state index contributed by atoms with van der Waals surface area (Å²) in [5.41, 5.74) is 5.35. The number of carbonyl (C=O) groups is 1. The molecule has 1 atom stereocenters. The van der Waals surface area contributed by atoms with Gasteiger partial charge in [0.1, 0.15) is 5.84 Å². The Morgan fingerprint density at radius 1 is 1.50 bits per heavy atom. The Hall–Kier alpha value is -1.26. The van der Waals surface area contributed by atoms with E-state index >= 15 is 0 Å². The van der Waals surface area contributed by atoms with Crippen molar-refractivity contribution in [3.05, 3.63) is 0 Å². The van der Waals surface area contributed by atoms with Crippen molar-refractivity contribution in [2.45, 2.75) is 27.2 Å². The lowest BCUT2D eigenvalue weighted by Gasteiger charge is -2.11. The van der Waals surface area contributed by atoms with E-state index < -0.39 is 0 Å². The first kappa shape index (κ1) is 12.7. The van der Waals surface area contributed by atoms with Crippen molar-refractivity contribution in [1.29, 1.82) is 0 Å². The lowest BCUT2D eigenvalue weighted by Crippen LogP contribution is -2.35. The van der Waals surface area contributed by atoms with Gasteiger partial charge in [-0.05, 0) is 5.92 Å². The summed E-state index contributed by atoms with van der Waals surface area (Å²) >= 11 is 0. The van der Waals surface area contributed by atoms with E-state index in [0.29, 0.717) is 18.9 Å². The summed E-state index contributed by atoms with van der Waals surface area (Å²) in [7, 11) is 0. The summed E-state index contributed by atoms with van der Waals surface area (Å²) in [6.45, 7) is 6.14. The molecule has 0 aromatic carbocycles. The highest BCUT2D eigenvalue weighted by Crippen LogP contribution is 1.99. The molecule has 0 aliphatic heterocycles. The first-order chi connectivity index (χ1) is 6.47. The molecule has 0 spiro atoms. The van der Waals surface area contributed by atoms with Gasteiger partial charge < -0.3 is 16.3 Å². The fraction of sp³-hybridized carbons (Fsp3) is 0.778. The number of hydrogen-bond donors (Lipinski definition) is 3. The molecular formula is C9H19N3O2. The molecule has 5 nitrogen and oxygen atoms in total. The van der Waals surface area contributed by atoms with Crippen molar-refractivity contribution in [1.82, 2.24) is 5.32 Å². The summed E-state index contributed by atoms with van der Waals surface area (Å²) in [4.78, 5) is 11.2. The number of nitrogens with zero attached hydrogens (tertiary/aromatic N) is 1. The van der Waals surface area contributed by atoms with Crippen molar-refractivity contribution in [3.8, 4) is 0 Å². The van der Waals surface area contributed by atoms with Crippen molar-refractivity contribution in [2.24, 2.45) is 22.7 Å². The number of hydrogen-bond acceptors (Lipinski definition) is 3. The van der Waals surface area contributed by atoms with Crippen LogP contribution in [-0.2, 0) is 4.79 Å². The normalized spacial score (nSPS) is 14.1. The second-order valence-corrected chi connectivity index (χ2v) is 3.83. The molecule has 1 amide bonds. The van der Waals surface area contributed by atoms with E-state index in [9.17, 15) is 4.79 Å². The molecular weight excluding hydrogens is 182 g/mol. The molecule has 0 fully saturated rings. The minimum absolute atomic E-state index is 0.00223. The number of amidine groups is 1. The maximum absolute atomic E-state index is 11.2. The van der Waals surface area contributed by atoms with Crippen LogP contribution in [0.25, 0.3) is 0 Å². The van der Waals surface area contributed by atoms with Gasteiger partial charge in [-0.2, -0.15) is 0 Å². The van der Waals surface area contributed by atoms with E-state index in [0.717, 1.165) is 0 Å². The lowest BCUT2D eigenvalue weighted by atomic mass is 10.1. The zero-order chi connectivity index (χ0) is 11.1. The van der Waals surface area contributed by atoms with Gasteiger partial charge in [-0.15, -0.1) is 0 Å². The number of nitrogens with one attached hydrogen (secondary N) is 1. The Kier molecular flexibility index (Phi) is 5.67. The molecule has 0 heterocycles. The predicted octanol–water partition coefficient (Wildman–Crippen LogP) is 0.531. The average Bonchev–Trinajstić information content (AvgIpc) is 2.11. The second kappa shape index (κ2) is 6.23. The third-order valence-electron chi connectivity index (χ3n) is 1.82. The van der Waals surface area contributed by atoms with Crippen LogP contribution in [0.5, 0.6) is 0 Å². The average molecular weight is 201 g/mol. The molecule has 1 unspecified atom stereocenters. The molecule has 0 saturated carbocycles. The van der Waals surface area contributed by atoms with Gasteiger partial charge in [0.05, 0.1) is 0 Å². The van der Waals surface area contributed by atoms with Crippen LogP contribution in [0.4, 0.5) is 0 Å². The standard InChI is InChI=1S/C9H19N3O2/c1-6(2)4-8(13)11-5-7(3)9(10)12-14/h6-7,14H,4-5H2,1-3H3,(H2,10,12)(H,11,13).